The number of aliphatic hydroxyl groups excluding tert-OH is 1. The number of pyridine rings is 1. The van der Waals surface area contributed by atoms with E-state index in [4.69, 9.17) is 16.7 Å². The summed E-state index contributed by atoms with van der Waals surface area (Å²) >= 11 is 5.56. The van der Waals surface area contributed by atoms with Crippen LogP contribution in [-0.4, -0.2) is 15.2 Å². The molecular weight excluding hydrogens is 178 g/mol. The first-order chi connectivity index (χ1) is 5.69. The molecule has 4 heteroatoms. The molecule has 0 aliphatic carbocycles. The highest BCUT2D eigenvalue weighted by molar-refractivity contribution is 6.31. The average molecular weight is 186 g/mol. The summed E-state index contributed by atoms with van der Waals surface area (Å²) in [5, 5.41) is 18.0. The molecule has 0 aliphatic heterocycles. The van der Waals surface area contributed by atoms with E-state index >= 15 is 0 Å². The zero-order chi connectivity index (χ0) is 9.14. The van der Waals surface area contributed by atoms with Gasteiger partial charge in [-0.25, -0.2) is 4.98 Å². The Labute approximate surface area is 74.9 Å². The fraction of sp³-hybridized carbons (Fsp3) is 0.125. The number of hydrogen-bond donors (Lipinski definition) is 2. The highest BCUT2D eigenvalue weighted by Crippen LogP contribution is 2.26. The number of hydrogen-bond acceptors (Lipinski definition) is 3. The molecule has 0 spiro atoms. The van der Waals surface area contributed by atoms with E-state index in [1.165, 1.54) is 12.1 Å². The third-order valence-electron chi connectivity index (χ3n) is 1.41. The summed E-state index contributed by atoms with van der Waals surface area (Å²) < 4.78 is 0. The Balaban J connectivity index is 3.28. The van der Waals surface area contributed by atoms with Crippen LogP contribution in [0.5, 0.6) is 5.75 Å². The van der Waals surface area contributed by atoms with Crippen molar-refractivity contribution in [3.63, 3.8) is 0 Å². The second-order valence-electron chi connectivity index (χ2n) is 2.20. The van der Waals surface area contributed by atoms with E-state index < -0.39 is 0 Å². The molecule has 3 nitrogen and oxygen atoms in total. The van der Waals surface area contributed by atoms with E-state index in [1.54, 1.807) is 0 Å². The molecule has 1 rings (SSSR count). The molecule has 2 N–H and O–H groups in total. The predicted molar refractivity (Wildman–Crippen MR) is 46.9 cm³/mol. The molecule has 0 aromatic carbocycles. The standard InChI is InChI=1S/C8H8ClNO2/c1-2-5-3-6(4-11)10-8(9)7(5)12/h2-3,11-12H,1,4H2. The first-order valence-electron chi connectivity index (χ1n) is 3.30. The zero-order valence-electron chi connectivity index (χ0n) is 6.29. The molecular formula is C8H8ClNO2. The van der Waals surface area contributed by atoms with Crippen LogP contribution in [-0.2, 0) is 6.61 Å². The van der Waals surface area contributed by atoms with Gasteiger partial charge >= 0.3 is 0 Å². The summed E-state index contributed by atoms with van der Waals surface area (Å²) in [5.41, 5.74) is 0.881. The summed E-state index contributed by atoms with van der Waals surface area (Å²) in [4.78, 5) is 3.72. The van der Waals surface area contributed by atoms with Crippen molar-refractivity contribution < 1.29 is 10.2 Å². The van der Waals surface area contributed by atoms with Gasteiger partial charge in [0.15, 0.2) is 10.9 Å². The normalized spacial score (nSPS) is 9.83. The van der Waals surface area contributed by atoms with Gasteiger partial charge in [-0.05, 0) is 6.07 Å². The van der Waals surface area contributed by atoms with Crippen LogP contribution < -0.4 is 0 Å². The van der Waals surface area contributed by atoms with E-state index in [0.717, 1.165) is 0 Å². The molecule has 0 aliphatic rings. The Kier molecular flexibility index (Phi) is 2.68. The van der Waals surface area contributed by atoms with Gasteiger partial charge in [0.05, 0.1) is 12.3 Å². The van der Waals surface area contributed by atoms with Crippen molar-refractivity contribution in [1.82, 2.24) is 4.98 Å². The smallest absolute Gasteiger partial charge is 0.171 e. The molecule has 12 heavy (non-hydrogen) atoms. The number of aliphatic hydroxyl groups is 1. The third-order valence-corrected chi connectivity index (χ3v) is 1.68. The molecule has 0 amide bonds. The van der Waals surface area contributed by atoms with Gasteiger partial charge in [-0.3, -0.25) is 0 Å². The first-order valence-corrected chi connectivity index (χ1v) is 3.68. The van der Waals surface area contributed by atoms with Gasteiger partial charge in [0.25, 0.3) is 0 Å². The second kappa shape index (κ2) is 3.56. The summed E-state index contributed by atoms with van der Waals surface area (Å²) in [7, 11) is 0. The summed E-state index contributed by atoms with van der Waals surface area (Å²) in [6, 6.07) is 1.52. The Morgan fingerprint density at radius 2 is 2.33 bits per heavy atom. The maximum atomic E-state index is 9.27. The van der Waals surface area contributed by atoms with Crippen LogP contribution in [0.15, 0.2) is 12.6 Å². The summed E-state index contributed by atoms with van der Waals surface area (Å²) in [6.07, 6.45) is 1.45. The van der Waals surface area contributed by atoms with Crippen molar-refractivity contribution in [2.75, 3.05) is 0 Å². The van der Waals surface area contributed by atoms with Gasteiger partial charge < -0.3 is 10.2 Å². The minimum atomic E-state index is -0.208. The number of aromatic nitrogens is 1. The van der Waals surface area contributed by atoms with Gasteiger partial charge in [0, 0.05) is 5.56 Å². The molecule has 0 bridgehead atoms. The Hall–Kier alpha value is -1.06. The number of aromatic hydroxyl groups is 1. The lowest BCUT2D eigenvalue weighted by Gasteiger charge is -2.02. The lowest BCUT2D eigenvalue weighted by atomic mass is 10.2. The van der Waals surface area contributed by atoms with Gasteiger partial charge in [-0.15, -0.1) is 0 Å². The molecule has 0 saturated carbocycles. The molecule has 64 valence electrons. The Morgan fingerprint density at radius 3 is 2.83 bits per heavy atom. The molecule has 0 atom stereocenters. The number of nitrogens with zero attached hydrogens (tertiary/aromatic N) is 1. The van der Waals surface area contributed by atoms with Crippen molar-refractivity contribution in [1.29, 1.82) is 0 Å². The van der Waals surface area contributed by atoms with Crippen LogP contribution in [0, 0.1) is 0 Å². The van der Waals surface area contributed by atoms with Crippen LogP contribution in [0.3, 0.4) is 0 Å². The first kappa shape index (κ1) is 9.03. The van der Waals surface area contributed by atoms with Crippen LogP contribution >= 0.6 is 11.6 Å². The zero-order valence-corrected chi connectivity index (χ0v) is 7.04. The lowest BCUT2D eigenvalue weighted by Crippen LogP contribution is -1.91. The average Bonchev–Trinajstić information content (AvgIpc) is 2.09. The van der Waals surface area contributed by atoms with Gasteiger partial charge in [0.1, 0.15) is 0 Å². The van der Waals surface area contributed by atoms with Crippen molar-refractivity contribution in [3.8, 4) is 5.75 Å². The molecule has 1 heterocycles. The predicted octanol–water partition coefficient (Wildman–Crippen LogP) is 1.58. The topological polar surface area (TPSA) is 53.4 Å². The van der Waals surface area contributed by atoms with Crippen LogP contribution in [0.4, 0.5) is 0 Å². The van der Waals surface area contributed by atoms with Crippen LogP contribution in [0.25, 0.3) is 6.08 Å². The maximum absolute atomic E-state index is 9.27. The highest BCUT2D eigenvalue weighted by atomic mass is 35.5. The minimum Gasteiger partial charge on any atom is -0.504 e. The molecule has 0 unspecified atom stereocenters. The molecule has 0 fully saturated rings. The van der Waals surface area contributed by atoms with Crippen molar-refractivity contribution in [2.24, 2.45) is 0 Å². The number of halogens is 1. The summed E-state index contributed by atoms with van der Waals surface area (Å²) in [6.45, 7) is 3.27. The second-order valence-corrected chi connectivity index (χ2v) is 2.56. The van der Waals surface area contributed by atoms with E-state index in [9.17, 15) is 5.11 Å². The fourth-order valence-electron chi connectivity index (χ4n) is 0.815. The van der Waals surface area contributed by atoms with E-state index in [2.05, 4.69) is 11.6 Å². The largest absolute Gasteiger partial charge is 0.504 e. The SMILES string of the molecule is C=Cc1cc(CO)nc(Cl)c1O. The number of rotatable bonds is 2. The Bertz CT molecular complexity index is 312. The third kappa shape index (κ3) is 1.57. The summed E-state index contributed by atoms with van der Waals surface area (Å²) in [5.74, 6) is -0.108. The quantitative estimate of drug-likeness (QED) is 0.688. The molecule has 0 saturated heterocycles. The van der Waals surface area contributed by atoms with Gasteiger partial charge in [-0.1, -0.05) is 24.3 Å². The monoisotopic (exact) mass is 185 g/mol. The molecule has 1 aromatic rings. The molecule has 0 radical (unpaired) electrons. The van der Waals surface area contributed by atoms with Crippen LogP contribution in [0.1, 0.15) is 11.3 Å². The minimum absolute atomic E-state index is 0.0172. The maximum Gasteiger partial charge on any atom is 0.171 e. The van der Waals surface area contributed by atoms with Crippen LogP contribution in [0.2, 0.25) is 5.15 Å². The lowest BCUT2D eigenvalue weighted by molar-refractivity contribution is 0.276. The van der Waals surface area contributed by atoms with Crippen molar-refractivity contribution in [2.45, 2.75) is 6.61 Å². The van der Waals surface area contributed by atoms with Gasteiger partial charge in [-0.2, -0.15) is 0 Å². The van der Waals surface area contributed by atoms with Crippen molar-refractivity contribution in [3.05, 3.63) is 29.1 Å². The fourth-order valence-corrected chi connectivity index (χ4v) is 1.03. The van der Waals surface area contributed by atoms with E-state index in [-0.39, 0.29) is 17.5 Å². The van der Waals surface area contributed by atoms with E-state index in [0.29, 0.717) is 11.3 Å². The van der Waals surface area contributed by atoms with Gasteiger partial charge in [0.2, 0.25) is 0 Å². The van der Waals surface area contributed by atoms with E-state index in [1.807, 2.05) is 0 Å². The molecule has 1 aromatic heterocycles. The highest BCUT2D eigenvalue weighted by Gasteiger charge is 2.06. The van der Waals surface area contributed by atoms with Crippen molar-refractivity contribution >= 4 is 17.7 Å². The Morgan fingerprint density at radius 1 is 1.67 bits per heavy atom.